The minimum Gasteiger partial charge on any atom is -0.468 e. The summed E-state index contributed by atoms with van der Waals surface area (Å²) >= 11 is 1.46. The van der Waals surface area contributed by atoms with Crippen molar-refractivity contribution in [1.29, 1.82) is 0 Å². The third-order valence-corrected chi connectivity index (χ3v) is 5.72. The van der Waals surface area contributed by atoms with Gasteiger partial charge in [-0.15, -0.1) is 11.3 Å². The van der Waals surface area contributed by atoms with Crippen molar-refractivity contribution in [2.45, 2.75) is 0 Å². The molecule has 1 aromatic carbocycles. The van der Waals surface area contributed by atoms with Crippen molar-refractivity contribution in [3.63, 3.8) is 0 Å². The van der Waals surface area contributed by atoms with Crippen LogP contribution in [0, 0.1) is 11.3 Å². The van der Waals surface area contributed by atoms with Crippen molar-refractivity contribution in [1.82, 2.24) is 9.88 Å². The first-order chi connectivity index (χ1) is 11.2. The molecular formula is C16H16N2O4S. The molecule has 0 bridgehead atoms. The van der Waals surface area contributed by atoms with Crippen LogP contribution in [-0.2, 0) is 14.3 Å². The highest BCUT2D eigenvalue weighted by Crippen LogP contribution is 2.43. The third-order valence-electron chi connectivity index (χ3n) is 4.84. The summed E-state index contributed by atoms with van der Waals surface area (Å²) in [7, 11) is 1.38. The molecule has 0 unspecified atom stereocenters. The summed E-state index contributed by atoms with van der Waals surface area (Å²) in [5, 5.41) is 0. The van der Waals surface area contributed by atoms with E-state index < -0.39 is 5.41 Å². The standard InChI is InChI=1S/C16H16N2O4S/c1-21-15(20)16-7-18(5-10(16)6-22-8-16)14(19)11-3-2-4-12-13(11)23-9-17-12/h2-4,9-10H,5-8H2,1H3/t10-,16-/m0/s1. The molecule has 3 heterocycles. The Balaban J connectivity index is 1.66. The second-order valence-electron chi connectivity index (χ2n) is 6.05. The lowest BCUT2D eigenvalue weighted by molar-refractivity contribution is -0.153. The molecule has 4 rings (SSSR count). The molecule has 1 amide bonds. The Morgan fingerprint density at radius 1 is 1.48 bits per heavy atom. The van der Waals surface area contributed by atoms with E-state index in [4.69, 9.17) is 9.47 Å². The number of fused-ring (bicyclic) bond motifs is 2. The van der Waals surface area contributed by atoms with Gasteiger partial charge in [-0.3, -0.25) is 9.59 Å². The van der Waals surface area contributed by atoms with Gasteiger partial charge in [0.2, 0.25) is 0 Å². The Bertz CT molecular complexity index is 789. The van der Waals surface area contributed by atoms with Crippen molar-refractivity contribution >= 4 is 33.4 Å². The molecule has 7 heteroatoms. The van der Waals surface area contributed by atoms with E-state index in [0.29, 0.717) is 31.9 Å². The lowest BCUT2D eigenvalue weighted by Crippen LogP contribution is -2.41. The number of methoxy groups -OCH3 is 1. The zero-order chi connectivity index (χ0) is 16.0. The number of aromatic nitrogens is 1. The van der Waals surface area contributed by atoms with E-state index in [1.807, 2.05) is 18.2 Å². The number of nitrogens with zero attached hydrogens (tertiary/aromatic N) is 2. The van der Waals surface area contributed by atoms with E-state index in [1.165, 1.54) is 18.4 Å². The number of benzene rings is 1. The summed E-state index contributed by atoms with van der Waals surface area (Å²) in [6.07, 6.45) is 0. The monoisotopic (exact) mass is 332 g/mol. The molecule has 0 aliphatic carbocycles. The SMILES string of the molecule is COC(=O)[C@@]12COC[C@@H]1CN(C(=O)c1cccc3ncsc13)C2. The van der Waals surface area contributed by atoms with E-state index in [1.54, 1.807) is 10.4 Å². The molecule has 0 saturated carbocycles. The number of carbonyl (C=O) groups is 2. The average Bonchev–Trinajstić information content (AvgIpc) is 3.25. The molecule has 23 heavy (non-hydrogen) atoms. The van der Waals surface area contributed by atoms with Crippen LogP contribution in [0.5, 0.6) is 0 Å². The first kappa shape index (κ1) is 14.6. The van der Waals surface area contributed by atoms with Crippen LogP contribution in [0.4, 0.5) is 0 Å². The Morgan fingerprint density at radius 2 is 2.35 bits per heavy atom. The maximum atomic E-state index is 13.0. The lowest BCUT2D eigenvalue weighted by atomic mass is 9.81. The predicted octanol–water partition coefficient (Wildman–Crippen LogP) is 1.56. The van der Waals surface area contributed by atoms with Crippen LogP contribution in [0.2, 0.25) is 0 Å². The number of esters is 1. The van der Waals surface area contributed by atoms with Gasteiger partial charge < -0.3 is 14.4 Å². The van der Waals surface area contributed by atoms with Crippen LogP contribution < -0.4 is 0 Å². The van der Waals surface area contributed by atoms with Crippen molar-refractivity contribution in [2.24, 2.45) is 11.3 Å². The summed E-state index contributed by atoms with van der Waals surface area (Å²) in [4.78, 5) is 31.2. The van der Waals surface area contributed by atoms with Crippen molar-refractivity contribution in [2.75, 3.05) is 33.4 Å². The van der Waals surface area contributed by atoms with Gasteiger partial charge in [-0.05, 0) is 12.1 Å². The van der Waals surface area contributed by atoms with Gasteiger partial charge in [0.1, 0.15) is 5.41 Å². The number of amides is 1. The number of ether oxygens (including phenoxy) is 2. The molecule has 1 aromatic heterocycles. The normalized spacial score (nSPS) is 26.5. The van der Waals surface area contributed by atoms with Gasteiger partial charge in [-0.2, -0.15) is 0 Å². The summed E-state index contributed by atoms with van der Waals surface area (Å²) < 4.78 is 11.3. The van der Waals surface area contributed by atoms with Crippen LogP contribution in [0.25, 0.3) is 10.2 Å². The number of rotatable bonds is 2. The lowest BCUT2D eigenvalue weighted by Gasteiger charge is -2.23. The molecule has 2 aliphatic rings. The van der Waals surface area contributed by atoms with Crippen molar-refractivity contribution in [3.8, 4) is 0 Å². The highest BCUT2D eigenvalue weighted by Gasteiger charge is 2.57. The number of hydrogen-bond donors (Lipinski definition) is 0. The molecular weight excluding hydrogens is 316 g/mol. The molecule has 120 valence electrons. The zero-order valence-corrected chi connectivity index (χ0v) is 13.5. The summed E-state index contributed by atoms with van der Waals surface area (Å²) in [5.74, 6) is -0.344. The van der Waals surface area contributed by atoms with E-state index >= 15 is 0 Å². The fraction of sp³-hybridized carbons (Fsp3) is 0.438. The summed E-state index contributed by atoms with van der Waals surface area (Å²) in [6.45, 7) is 1.67. The second kappa shape index (κ2) is 5.28. The maximum absolute atomic E-state index is 13.0. The van der Waals surface area contributed by atoms with Crippen LogP contribution in [0.3, 0.4) is 0 Å². The molecule has 2 aromatic rings. The number of thiazole rings is 1. The molecule has 0 radical (unpaired) electrons. The molecule has 6 nitrogen and oxygen atoms in total. The zero-order valence-electron chi connectivity index (χ0n) is 12.7. The Morgan fingerprint density at radius 3 is 3.17 bits per heavy atom. The molecule has 0 spiro atoms. The van der Waals surface area contributed by atoms with E-state index in [2.05, 4.69) is 4.98 Å². The maximum Gasteiger partial charge on any atom is 0.316 e. The highest BCUT2D eigenvalue weighted by atomic mass is 32.1. The first-order valence-corrected chi connectivity index (χ1v) is 8.31. The smallest absolute Gasteiger partial charge is 0.316 e. The largest absolute Gasteiger partial charge is 0.468 e. The Kier molecular flexibility index (Phi) is 3.35. The quantitative estimate of drug-likeness (QED) is 0.781. The average molecular weight is 332 g/mol. The van der Waals surface area contributed by atoms with Gasteiger partial charge in [0.15, 0.2) is 0 Å². The fourth-order valence-corrected chi connectivity index (χ4v) is 4.40. The number of likely N-dealkylation sites (tertiary alicyclic amines) is 1. The van der Waals surface area contributed by atoms with E-state index in [-0.39, 0.29) is 17.8 Å². The second-order valence-corrected chi connectivity index (χ2v) is 6.91. The molecule has 0 N–H and O–H groups in total. The van der Waals surface area contributed by atoms with Crippen molar-refractivity contribution < 1.29 is 19.1 Å². The Hall–Kier alpha value is -1.99. The minimum absolute atomic E-state index is 0.000404. The molecule has 2 aliphatic heterocycles. The summed E-state index contributed by atoms with van der Waals surface area (Å²) in [5.41, 5.74) is 2.49. The fourth-order valence-electron chi connectivity index (χ4n) is 3.61. The molecule has 2 fully saturated rings. The van der Waals surface area contributed by atoms with Gasteiger partial charge >= 0.3 is 5.97 Å². The molecule has 2 saturated heterocycles. The van der Waals surface area contributed by atoms with Crippen molar-refractivity contribution in [3.05, 3.63) is 29.3 Å². The number of carbonyl (C=O) groups excluding carboxylic acids is 2. The van der Waals surface area contributed by atoms with E-state index in [0.717, 1.165) is 10.2 Å². The van der Waals surface area contributed by atoms with Gasteiger partial charge in [0.25, 0.3) is 5.91 Å². The first-order valence-electron chi connectivity index (χ1n) is 7.43. The predicted molar refractivity (Wildman–Crippen MR) is 84.3 cm³/mol. The van der Waals surface area contributed by atoms with Crippen LogP contribution in [-0.4, -0.2) is 55.2 Å². The van der Waals surface area contributed by atoms with Crippen LogP contribution in [0.15, 0.2) is 23.7 Å². The van der Waals surface area contributed by atoms with E-state index in [9.17, 15) is 9.59 Å². The van der Waals surface area contributed by atoms with Crippen LogP contribution >= 0.6 is 11.3 Å². The third kappa shape index (κ3) is 2.07. The highest BCUT2D eigenvalue weighted by molar-refractivity contribution is 7.17. The van der Waals surface area contributed by atoms with Crippen LogP contribution in [0.1, 0.15) is 10.4 Å². The summed E-state index contributed by atoms with van der Waals surface area (Å²) in [6, 6.07) is 5.55. The van der Waals surface area contributed by atoms with Gasteiger partial charge in [-0.1, -0.05) is 6.07 Å². The molecule has 2 atom stereocenters. The number of hydrogen-bond acceptors (Lipinski definition) is 6. The van der Waals surface area contributed by atoms with Gasteiger partial charge in [-0.25, -0.2) is 4.98 Å². The Labute approximate surface area is 137 Å². The van der Waals surface area contributed by atoms with Gasteiger partial charge in [0.05, 0.1) is 41.6 Å². The van der Waals surface area contributed by atoms with Gasteiger partial charge in [0, 0.05) is 19.0 Å². The minimum atomic E-state index is -0.716. The topological polar surface area (TPSA) is 68.7 Å².